The van der Waals surface area contributed by atoms with Crippen LogP contribution in [0, 0.1) is 0 Å². The first kappa shape index (κ1) is 11.6. The highest BCUT2D eigenvalue weighted by Crippen LogP contribution is 2.18. The summed E-state index contributed by atoms with van der Waals surface area (Å²) >= 11 is 1.61. The van der Waals surface area contributed by atoms with Gasteiger partial charge in [0.1, 0.15) is 0 Å². The molecule has 0 aromatic carbocycles. The molecule has 0 spiro atoms. The summed E-state index contributed by atoms with van der Waals surface area (Å²) in [4.78, 5) is 5.45. The predicted molar refractivity (Wildman–Crippen MR) is 65.9 cm³/mol. The molecule has 0 aliphatic carbocycles. The molecule has 0 aliphatic heterocycles. The predicted octanol–water partition coefficient (Wildman–Crippen LogP) is 1.30. The van der Waals surface area contributed by atoms with Crippen LogP contribution in [-0.2, 0) is 6.42 Å². The van der Waals surface area contributed by atoms with Crippen LogP contribution < -0.4 is 5.32 Å². The highest BCUT2D eigenvalue weighted by atomic mass is 32.1. The van der Waals surface area contributed by atoms with E-state index in [-0.39, 0.29) is 0 Å². The van der Waals surface area contributed by atoms with E-state index in [2.05, 4.69) is 10.3 Å². The number of nitrogens with one attached hydrogen (secondary N) is 1. The molecule has 16 heavy (non-hydrogen) atoms. The summed E-state index contributed by atoms with van der Waals surface area (Å²) in [6, 6.07) is 0. The average molecular weight is 239 g/mol. The number of thiazole rings is 1. The third-order valence-electron chi connectivity index (χ3n) is 2.62. The Hall–Kier alpha value is -0.910. The lowest BCUT2D eigenvalue weighted by Gasteiger charge is -2.21. The van der Waals surface area contributed by atoms with Gasteiger partial charge in [0.05, 0.1) is 11.3 Å². The van der Waals surface area contributed by atoms with E-state index in [1.807, 2.05) is 36.1 Å². The number of rotatable bonds is 5. The van der Waals surface area contributed by atoms with Crippen LogP contribution in [-0.4, -0.2) is 33.7 Å². The molecule has 0 aliphatic rings. The molecule has 2 aromatic rings. The van der Waals surface area contributed by atoms with Crippen molar-refractivity contribution in [3.8, 4) is 0 Å². The van der Waals surface area contributed by atoms with Crippen molar-refractivity contribution in [2.75, 3.05) is 13.6 Å². The minimum atomic E-state index is -0.687. The number of fused-ring (bicyclic) bond motifs is 1. The zero-order chi connectivity index (χ0) is 11.6. The van der Waals surface area contributed by atoms with Gasteiger partial charge < -0.3 is 10.4 Å². The second-order valence-corrected chi connectivity index (χ2v) is 5.23. The van der Waals surface area contributed by atoms with Crippen LogP contribution in [0.1, 0.15) is 19.0 Å². The first-order chi connectivity index (χ1) is 7.61. The fourth-order valence-corrected chi connectivity index (χ4v) is 2.45. The van der Waals surface area contributed by atoms with Crippen molar-refractivity contribution < 1.29 is 5.11 Å². The van der Waals surface area contributed by atoms with Gasteiger partial charge in [-0.2, -0.15) is 0 Å². The Bertz CT molecular complexity index is 432. The molecule has 0 saturated carbocycles. The Morgan fingerprint density at radius 2 is 2.44 bits per heavy atom. The first-order valence-corrected chi connectivity index (χ1v) is 6.27. The quantitative estimate of drug-likeness (QED) is 0.827. The van der Waals surface area contributed by atoms with E-state index in [4.69, 9.17) is 0 Å². The van der Waals surface area contributed by atoms with Crippen molar-refractivity contribution >= 4 is 16.3 Å². The first-order valence-electron chi connectivity index (χ1n) is 5.39. The van der Waals surface area contributed by atoms with Crippen LogP contribution in [0.4, 0.5) is 0 Å². The van der Waals surface area contributed by atoms with Crippen LogP contribution in [0.5, 0.6) is 0 Å². The number of aliphatic hydroxyl groups is 1. The number of nitrogens with zero attached hydrogens (tertiary/aromatic N) is 2. The molecule has 1 unspecified atom stereocenters. The van der Waals surface area contributed by atoms with E-state index in [0.717, 1.165) is 23.6 Å². The van der Waals surface area contributed by atoms with Gasteiger partial charge in [0.2, 0.25) is 0 Å². The van der Waals surface area contributed by atoms with Crippen LogP contribution in [0.15, 0.2) is 17.8 Å². The molecule has 0 bridgehead atoms. The topological polar surface area (TPSA) is 49.6 Å². The van der Waals surface area contributed by atoms with Gasteiger partial charge in [-0.25, -0.2) is 4.98 Å². The van der Waals surface area contributed by atoms with Crippen molar-refractivity contribution in [1.29, 1.82) is 0 Å². The monoisotopic (exact) mass is 239 g/mol. The largest absolute Gasteiger partial charge is 0.390 e. The van der Waals surface area contributed by atoms with Crippen molar-refractivity contribution in [3.05, 3.63) is 23.5 Å². The third-order valence-corrected chi connectivity index (χ3v) is 3.39. The van der Waals surface area contributed by atoms with Gasteiger partial charge in [0.15, 0.2) is 4.96 Å². The molecule has 0 radical (unpaired) electrons. The molecule has 1 atom stereocenters. The Morgan fingerprint density at radius 1 is 1.62 bits per heavy atom. The summed E-state index contributed by atoms with van der Waals surface area (Å²) in [5.41, 5.74) is 0.264. The lowest BCUT2D eigenvalue weighted by atomic mass is 9.96. The summed E-state index contributed by atoms with van der Waals surface area (Å²) in [5, 5.41) is 15.2. The van der Waals surface area contributed by atoms with E-state index >= 15 is 0 Å². The zero-order valence-corrected chi connectivity index (χ0v) is 10.4. The summed E-state index contributed by atoms with van der Waals surface area (Å²) in [5.74, 6) is 0. The number of imidazole rings is 1. The van der Waals surface area contributed by atoms with Gasteiger partial charge in [-0.15, -0.1) is 11.3 Å². The molecule has 88 valence electrons. The Labute approximate surface area is 98.9 Å². The Kier molecular flexibility index (Phi) is 3.28. The van der Waals surface area contributed by atoms with Crippen molar-refractivity contribution in [3.63, 3.8) is 0 Å². The maximum Gasteiger partial charge on any atom is 0.193 e. The molecule has 2 N–H and O–H groups in total. The minimum absolute atomic E-state index is 0.600. The van der Waals surface area contributed by atoms with Gasteiger partial charge >= 0.3 is 0 Å². The molecule has 2 rings (SSSR count). The summed E-state index contributed by atoms with van der Waals surface area (Å²) in [7, 11) is 1.89. The van der Waals surface area contributed by atoms with Crippen molar-refractivity contribution in [2.45, 2.75) is 25.4 Å². The van der Waals surface area contributed by atoms with E-state index in [1.165, 1.54) is 0 Å². The molecular weight excluding hydrogens is 222 g/mol. The average Bonchev–Trinajstić information content (AvgIpc) is 2.74. The lowest BCUT2D eigenvalue weighted by molar-refractivity contribution is 0.0512. The fourth-order valence-electron chi connectivity index (χ4n) is 1.73. The number of hydrogen-bond acceptors (Lipinski definition) is 4. The molecule has 0 saturated heterocycles. The summed E-state index contributed by atoms with van der Waals surface area (Å²) < 4.78 is 1.99. The maximum absolute atomic E-state index is 10.2. The minimum Gasteiger partial charge on any atom is -0.390 e. The van der Waals surface area contributed by atoms with Gasteiger partial charge in [-0.05, 0) is 26.9 Å². The molecule has 0 fully saturated rings. The fraction of sp³-hybridized carbons (Fsp3) is 0.545. The SMILES string of the molecule is CNCCC(C)(O)Cc1cn2ccsc2n1. The molecular formula is C11H17N3OS. The molecule has 2 heterocycles. The van der Waals surface area contributed by atoms with Crippen LogP contribution in [0.2, 0.25) is 0 Å². The zero-order valence-electron chi connectivity index (χ0n) is 9.60. The molecule has 4 nitrogen and oxygen atoms in total. The normalized spacial score (nSPS) is 15.4. The van der Waals surface area contributed by atoms with Crippen LogP contribution in [0.25, 0.3) is 4.96 Å². The highest BCUT2D eigenvalue weighted by Gasteiger charge is 2.21. The standard InChI is InChI=1S/C11H17N3OS/c1-11(15,3-4-12-2)7-9-8-14-5-6-16-10(14)13-9/h5-6,8,12,15H,3-4,7H2,1-2H3. The van der Waals surface area contributed by atoms with Crippen molar-refractivity contribution in [1.82, 2.24) is 14.7 Å². The molecule has 2 aromatic heterocycles. The Morgan fingerprint density at radius 3 is 3.12 bits per heavy atom. The van der Waals surface area contributed by atoms with Gasteiger partial charge in [0.25, 0.3) is 0 Å². The van der Waals surface area contributed by atoms with E-state index < -0.39 is 5.60 Å². The number of aromatic nitrogens is 2. The van der Waals surface area contributed by atoms with E-state index in [0.29, 0.717) is 6.42 Å². The van der Waals surface area contributed by atoms with E-state index in [1.54, 1.807) is 11.3 Å². The highest BCUT2D eigenvalue weighted by molar-refractivity contribution is 7.15. The molecule has 0 amide bonds. The second kappa shape index (κ2) is 4.53. The second-order valence-electron chi connectivity index (χ2n) is 4.35. The van der Waals surface area contributed by atoms with Gasteiger partial charge in [0, 0.05) is 24.2 Å². The summed E-state index contributed by atoms with van der Waals surface area (Å²) in [6.45, 7) is 2.67. The smallest absolute Gasteiger partial charge is 0.193 e. The maximum atomic E-state index is 10.2. The van der Waals surface area contributed by atoms with Gasteiger partial charge in [-0.1, -0.05) is 0 Å². The lowest BCUT2D eigenvalue weighted by Crippen LogP contribution is -2.31. The van der Waals surface area contributed by atoms with Crippen LogP contribution in [0.3, 0.4) is 0 Å². The van der Waals surface area contributed by atoms with Gasteiger partial charge in [-0.3, -0.25) is 4.40 Å². The number of hydrogen-bond donors (Lipinski definition) is 2. The Balaban J connectivity index is 2.06. The summed E-state index contributed by atoms with van der Waals surface area (Å²) in [6.07, 6.45) is 5.30. The molecule has 5 heteroatoms. The third kappa shape index (κ3) is 2.61. The van der Waals surface area contributed by atoms with E-state index in [9.17, 15) is 5.11 Å². The van der Waals surface area contributed by atoms with Crippen LogP contribution >= 0.6 is 11.3 Å². The van der Waals surface area contributed by atoms with Crippen molar-refractivity contribution in [2.24, 2.45) is 0 Å².